The standard InChI is InChI=1S/2C8H10.H2S/c2*1-7-4-3-5-8(2)6-7;/h2*3-6H,1-2H3;1H2. The SMILES string of the molecule is Cc1cccc(C)c1.Cc1cccc(C)c1.S. The molecule has 0 saturated heterocycles. The smallest absolute Gasteiger partial charge is 0.0398 e. The maximum absolute atomic E-state index is 2.17. The first-order valence-electron chi connectivity index (χ1n) is 5.64. The highest BCUT2D eigenvalue weighted by Gasteiger charge is 1.81. The highest BCUT2D eigenvalue weighted by molar-refractivity contribution is 7.59. The molecular weight excluding hydrogens is 224 g/mol. The van der Waals surface area contributed by atoms with Crippen LogP contribution in [0, 0.1) is 27.7 Å². The van der Waals surface area contributed by atoms with Crippen LogP contribution >= 0.6 is 13.5 Å². The first-order chi connectivity index (χ1) is 7.58. The third-order valence-electron chi connectivity index (χ3n) is 2.35. The predicted octanol–water partition coefficient (Wildman–Crippen LogP) is 4.72. The van der Waals surface area contributed by atoms with E-state index in [9.17, 15) is 0 Å². The molecule has 0 fully saturated rings. The molecule has 0 aliphatic rings. The van der Waals surface area contributed by atoms with Gasteiger partial charge in [0.2, 0.25) is 0 Å². The fourth-order valence-corrected chi connectivity index (χ4v) is 1.61. The monoisotopic (exact) mass is 246 g/mol. The summed E-state index contributed by atoms with van der Waals surface area (Å²) in [6.45, 7) is 8.42. The molecule has 0 spiro atoms. The number of rotatable bonds is 0. The molecule has 0 aliphatic heterocycles. The van der Waals surface area contributed by atoms with Crippen molar-refractivity contribution >= 4 is 13.5 Å². The van der Waals surface area contributed by atoms with Crippen LogP contribution in [0.3, 0.4) is 0 Å². The number of benzene rings is 2. The van der Waals surface area contributed by atoms with Gasteiger partial charge in [-0.3, -0.25) is 0 Å². The first-order valence-corrected chi connectivity index (χ1v) is 5.64. The highest BCUT2D eigenvalue weighted by atomic mass is 32.1. The van der Waals surface area contributed by atoms with E-state index in [4.69, 9.17) is 0 Å². The van der Waals surface area contributed by atoms with Crippen molar-refractivity contribution in [1.29, 1.82) is 0 Å². The summed E-state index contributed by atoms with van der Waals surface area (Å²) in [5.74, 6) is 0. The van der Waals surface area contributed by atoms with Crippen molar-refractivity contribution in [1.82, 2.24) is 0 Å². The van der Waals surface area contributed by atoms with Gasteiger partial charge in [-0.15, -0.1) is 0 Å². The normalized spacial score (nSPS) is 8.71. The van der Waals surface area contributed by atoms with Crippen LogP contribution in [-0.2, 0) is 0 Å². The van der Waals surface area contributed by atoms with Crippen LogP contribution < -0.4 is 0 Å². The average molecular weight is 246 g/mol. The van der Waals surface area contributed by atoms with E-state index in [0.717, 1.165) is 0 Å². The Balaban J connectivity index is 0.000000284. The van der Waals surface area contributed by atoms with Crippen LogP contribution in [0.15, 0.2) is 48.5 Å². The minimum absolute atomic E-state index is 0. The van der Waals surface area contributed by atoms with Crippen LogP contribution in [0.2, 0.25) is 0 Å². The number of aryl methyl sites for hydroxylation is 4. The third kappa shape index (κ3) is 6.85. The second-order valence-corrected chi connectivity index (χ2v) is 4.32. The van der Waals surface area contributed by atoms with Crippen molar-refractivity contribution in [2.75, 3.05) is 0 Å². The Kier molecular flexibility index (Phi) is 7.40. The molecule has 1 heteroatoms. The van der Waals surface area contributed by atoms with Gasteiger partial charge in [0.05, 0.1) is 0 Å². The predicted molar refractivity (Wildman–Crippen MR) is 82.2 cm³/mol. The zero-order chi connectivity index (χ0) is 12.0. The molecule has 2 rings (SSSR count). The molecule has 2 aromatic rings. The van der Waals surface area contributed by atoms with Crippen LogP contribution in [-0.4, -0.2) is 0 Å². The summed E-state index contributed by atoms with van der Waals surface area (Å²) in [6, 6.07) is 16.9. The Bertz CT molecular complexity index is 369. The van der Waals surface area contributed by atoms with Crippen LogP contribution in [0.5, 0.6) is 0 Å². The molecule has 0 aromatic heterocycles. The Hall–Kier alpha value is -1.21. The third-order valence-corrected chi connectivity index (χ3v) is 2.35. The Labute approximate surface area is 112 Å². The molecule has 0 aliphatic carbocycles. The van der Waals surface area contributed by atoms with E-state index in [1.54, 1.807) is 0 Å². The number of hydrogen-bond donors (Lipinski definition) is 0. The molecule has 0 heterocycles. The first kappa shape index (κ1) is 15.8. The lowest BCUT2D eigenvalue weighted by Crippen LogP contribution is -1.71. The summed E-state index contributed by atoms with van der Waals surface area (Å²) < 4.78 is 0. The largest absolute Gasteiger partial charge is 0.197 e. The molecule has 0 bridgehead atoms. The van der Waals surface area contributed by atoms with E-state index in [2.05, 4.69) is 76.2 Å². The maximum Gasteiger partial charge on any atom is -0.0398 e. The Morgan fingerprint density at radius 1 is 0.529 bits per heavy atom. The summed E-state index contributed by atoms with van der Waals surface area (Å²) in [5.41, 5.74) is 5.35. The maximum atomic E-state index is 2.17. The lowest BCUT2D eigenvalue weighted by atomic mass is 10.2. The minimum atomic E-state index is 0. The summed E-state index contributed by atoms with van der Waals surface area (Å²) in [5, 5.41) is 0. The van der Waals surface area contributed by atoms with Crippen LogP contribution in [0.4, 0.5) is 0 Å². The second kappa shape index (κ2) is 7.97. The molecule has 0 radical (unpaired) electrons. The fraction of sp³-hybridized carbons (Fsp3) is 0.250. The number of hydrogen-bond acceptors (Lipinski definition) is 0. The molecule has 0 nitrogen and oxygen atoms in total. The van der Waals surface area contributed by atoms with Gasteiger partial charge in [0.1, 0.15) is 0 Å². The molecule has 0 unspecified atom stereocenters. The minimum Gasteiger partial charge on any atom is -0.197 e. The lowest BCUT2D eigenvalue weighted by molar-refractivity contribution is 1.39. The van der Waals surface area contributed by atoms with E-state index in [1.807, 2.05) is 0 Å². The van der Waals surface area contributed by atoms with Crippen molar-refractivity contribution in [3.8, 4) is 0 Å². The van der Waals surface area contributed by atoms with Crippen molar-refractivity contribution in [2.24, 2.45) is 0 Å². The summed E-state index contributed by atoms with van der Waals surface area (Å²) >= 11 is 0. The van der Waals surface area contributed by atoms with E-state index in [1.165, 1.54) is 22.3 Å². The summed E-state index contributed by atoms with van der Waals surface area (Å²) in [6.07, 6.45) is 0. The van der Waals surface area contributed by atoms with E-state index < -0.39 is 0 Å². The molecular formula is C16H22S. The molecule has 92 valence electrons. The van der Waals surface area contributed by atoms with Gasteiger partial charge in [-0.25, -0.2) is 0 Å². The fourth-order valence-electron chi connectivity index (χ4n) is 1.61. The van der Waals surface area contributed by atoms with Crippen molar-refractivity contribution in [3.63, 3.8) is 0 Å². The van der Waals surface area contributed by atoms with Gasteiger partial charge < -0.3 is 0 Å². The summed E-state index contributed by atoms with van der Waals surface area (Å²) in [7, 11) is 0. The van der Waals surface area contributed by atoms with Gasteiger partial charge in [0, 0.05) is 0 Å². The molecule has 0 N–H and O–H groups in total. The molecule has 0 amide bonds. The van der Waals surface area contributed by atoms with Gasteiger partial charge in [0.25, 0.3) is 0 Å². The second-order valence-electron chi connectivity index (χ2n) is 4.32. The van der Waals surface area contributed by atoms with Crippen LogP contribution in [0.25, 0.3) is 0 Å². The van der Waals surface area contributed by atoms with Gasteiger partial charge in [-0.1, -0.05) is 70.8 Å². The highest BCUT2D eigenvalue weighted by Crippen LogP contribution is 2.00. The Morgan fingerprint density at radius 3 is 0.882 bits per heavy atom. The van der Waals surface area contributed by atoms with Crippen molar-refractivity contribution in [2.45, 2.75) is 27.7 Å². The van der Waals surface area contributed by atoms with Crippen LogP contribution in [0.1, 0.15) is 22.3 Å². The van der Waals surface area contributed by atoms with Gasteiger partial charge in [0.15, 0.2) is 0 Å². The van der Waals surface area contributed by atoms with Gasteiger partial charge in [-0.2, -0.15) is 13.5 Å². The molecule has 0 saturated carbocycles. The summed E-state index contributed by atoms with van der Waals surface area (Å²) in [4.78, 5) is 0. The molecule has 0 atom stereocenters. The zero-order valence-corrected chi connectivity index (χ0v) is 12.1. The van der Waals surface area contributed by atoms with E-state index in [-0.39, 0.29) is 13.5 Å². The van der Waals surface area contributed by atoms with Gasteiger partial charge >= 0.3 is 0 Å². The lowest BCUT2D eigenvalue weighted by Gasteiger charge is -1.90. The molecule has 17 heavy (non-hydrogen) atoms. The van der Waals surface area contributed by atoms with Crippen molar-refractivity contribution in [3.05, 3.63) is 70.8 Å². The quantitative estimate of drug-likeness (QED) is 0.631. The van der Waals surface area contributed by atoms with Gasteiger partial charge in [-0.05, 0) is 27.7 Å². The Morgan fingerprint density at radius 2 is 0.765 bits per heavy atom. The topological polar surface area (TPSA) is 0 Å². The van der Waals surface area contributed by atoms with E-state index >= 15 is 0 Å². The average Bonchev–Trinajstić information content (AvgIpc) is 2.17. The zero-order valence-electron chi connectivity index (χ0n) is 11.1. The molecule has 2 aromatic carbocycles. The van der Waals surface area contributed by atoms with E-state index in [0.29, 0.717) is 0 Å². The van der Waals surface area contributed by atoms with Crippen molar-refractivity contribution < 1.29 is 0 Å².